The zero-order valence-electron chi connectivity index (χ0n) is 14.9. The molecular weight excluding hydrogens is 327 g/mol. The number of aryl methyl sites for hydroxylation is 3. The molecule has 0 spiro atoms. The lowest BCUT2D eigenvalue weighted by atomic mass is 10.1. The minimum Gasteiger partial charge on any atom is -0.309 e. The molecule has 0 aliphatic heterocycles. The van der Waals surface area contributed by atoms with Crippen LogP contribution in [0.3, 0.4) is 0 Å². The highest BCUT2D eigenvalue weighted by molar-refractivity contribution is 7.85. The average molecular weight is 350 g/mol. The van der Waals surface area contributed by atoms with E-state index < -0.39 is 7.14 Å². The minimum atomic E-state index is -2.87. The molecule has 3 aromatic carbocycles. The molecule has 0 aliphatic rings. The summed E-state index contributed by atoms with van der Waals surface area (Å²) < 4.78 is 14.4. The third-order valence-corrected chi connectivity index (χ3v) is 7.58. The number of carbonyl (C=O) groups is 1. The van der Waals surface area contributed by atoms with E-state index in [1.807, 2.05) is 67.5 Å². The Balaban J connectivity index is 0.00000109. The normalized spacial score (nSPS) is 10.7. The lowest BCUT2D eigenvalue weighted by Crippen LogP contribution is -2.28. The van der Waals surface area contributed by atoms with Crippen LogP contribution in [0.25, 0.3) is 0 Å². The molecule has 128 valence electrons. The first-order chi connectivity index (χ1) is 12.0. The standard InChI is InChI=1S/C21H21OP.CH2O/c1-16-14-17(2)21(18(3)15-16)23(22,19-10-6-4-7-11-19)20-12-8-5-9-13-20;1-2/h4-15H,1-3H3;1H2. The number of rotatable bonds is 3. The summed E-state index contributed by atoms with van der Waals surface area (Å²) in [4.78, 5) is 8.00. The zero-order valence-corrected chi connectivity index (χ0v) is 15.8. The van der Waals surface area contributed by atoms with Gasteiger partial charge in [-0.1, -0.05) is 78.4 Å². The Hall–Kier alpha value is -2.44. The maximum absolute atomic E-state index is 14.4. The van der Waals surface area contributed by atoms with Crippen molar-refractivity contribution < 1.29 is 9.36 Å². The van der Waals surface area contributed by atoms with E-state index in [0.717, 1.165) is 27.0 Å². The van der Waals surface area contributed by atoms with Gasteiger partial charge in [0.15, 0.2) is 7.14 Å². The van der Waals surface area contributed by atoms with E-state index in [2.05, 4.69) is 32.9 Å². The Kier molecular flexibility index (Phi) is 6.12. The van der Waals surface area contributed by atoms with Crippen LogP contribution in [0.5, 0.6) is 0 Å². The molecule has 0 heterocycles. The Morgan fingerprint density at radius 3 is 1.40 bits per heavy atom. The van der Waals surface area contributed by atoms with Crippen molar-refractivity contribution in [1.82, 2.24) is 0 Å². The smallest absolute Gasteiger partial charge is 0.171 e. The summed E-state index contributed by atoms with van der Waals surface area (Å²) in [5.41, 5.74) is 3.40. The molecule has 3 aromatic rings. The van der Waals surface area contributed by atoms with Crippen LogP contribution >= 0.6 is 7.14 Å². The average Bonchev–Trinajstić information content (AvgIpc) is 2.64. The number of hydrogen-bond acceptors (Lipinski definition) is 2. The van der Waals surface area contributed by atoms with Gasteiger partial charge in [-0.2, -0.15) is 0 Å². The Morgan fingerprint density at radius 1 is 0.680 bits per heavy atom. The summed E-state index contributed by atoms with van der Waals surface area (Å²) in [5.74, 6) is 0. The summed E-state index contributed by atoms with van der Waals surface area (Å²) in [5, 5.41) is 2.75. The number of hydrogen-bond donors (Lipinski definition) is 0. The number of benzene rings is 3. The van der Waals surface area contributed by atoms with E-state index in [1.165, 1.54) is 5.56 Å². The van der Waals surface area contributed by atoms with E-state index in [0.29, 0.717) is 0 Å². The molecule has 0 bridgehead atoms. The minimum absolute atomic E-state index is 0.890. The number of carbonyl (C=O) groups excluding carboxylic acids is 1. The summed E-state index contributed by atoms with van der Waals surface area (Å²) in [7, 11) is -2.87. The van der Waals surface area contributed by atoms with Crippen molar-refractivity contribution in [1.29, 1.82) is 0 Å². The molecule has 0 saturated heterocycles. The van der Waals surface area contributed by atoms with Crippen molar-refractivity contribution in [2.45, 2.75) is 20.8 Å². The fourth-order valence-electron chi connectivity index (χ4n) is 3.35. The van der Waals surface area contributed by atoms with Crippen molar-refractivity contribution in [2.75, 3.05) is 0 Å². The summed E-state index contributed by atoms with van der Waals surface area (Å²) in [6.45, 7) is 8.21. The van der Waals surface area contributed by atoms with Crippen LogP contribution in [0.2, 0.25) is 0 Å². The fraction of sp³-hybridized carbons (Fsp3) is 0.136. The lowest BCUT2D eigenvalue weighted by molar-refractivity contribution is -0.0979. The summed E-state index contributed by atoms with van der Waals surface area (Å²) in [6.07, 6.45) is 0. The molecule has 0 saturated carbocycles. The predicted molar refractivity (Wildman–Crippen MR) is 107 cm³/mol. The van der Waals surface area contributed by atoms with E-state index in [-0.39, 0.29) is 0 Å². The first kappa shape index (κ1) is 18.9. The van der Waals surface area contributed by atoms with E-state index >= 15 is 0 Å². The van der Waals surface area contributed by atoms with Crippen LogP contribution in [0.1, 0.15) is 16.7 Å². The van der Waals surface area contributed by atoms with Crippen LogP contribution in [0, 0.1) is 20.8 Å². The Morgan fingerprint density at radius 2 is 1.04 bits per heavy atom. The molecule has 3 heteroatoms. The molecule has 0 atom stereocenters. The van der Waals surface area contributed by atoms with Crippen molar-refractivity contribution in [3.8, 4) is 0 Å². The molecule has 0 radical (unpaired) electrons. The quantitative estimate of drug-likeness (QED) is 0.668. The largest absolute Gasteiger partial charge is 0.309 e. The molecule has 0 unspecified atom stereocenters. The molecule has 3 rings (SSSR count). The highest BCUT2D eigenvalue weighted by atomic mass is 31.2. The van der Waals surface area contributed by atoms with Crippen molar-refractivity contribution in [3.05, 3.63) is 89.5 Å². The highest BCUT2D eigenvalue weighted by Gasteiger charge is 2.32. The van der Waals surface area contributed by atoms with E-state index in [4.69, 9.17) is 4.79 Å². The van der Waals surface area contributed by atoms with Gasteiger partial charge >= 0.3 is 0 Å². The van der Waals surface area contributed by atoms with Crippen LogP contribution in [-0.4, -0.2) is 6.79 Å². The van der Waals surface area contributed by atoms with Gasteiger partial charge in [0.2, 0.25) is 0 Å². The first-order valence-electron chi connectivity index (χ1n) is 8.12. The lowest BCUT2D eigenvalue weighted by Gasteiger charge is -2.24. The predicted octanol–water partition coefficient (Wildman–Crippen LogP) is 4.07. The fourth-order valence-corrected chi connectivity index (χ4v) is 6.47. The molecular formula is C22H23O2P. The van der Waals surface area contributed by atoms with Gasteiger partial charge in [0.05, 0.1) is 0 Å². The van der Waals surface area contributed by atoms with Gasteiger partial charge < -0.3 is 9.36 Å². The third-order valence-electron chi connectivity index (χ3n) is 4.19. The Labute approximate surface area is 149 Å². The summed E-state index contributed by atoms with van der Waals surface area (Å²) >= 11 is 0. The van der Waals surface area contributed by atoms with Gasteiger partial charge in [-0.05, 0) is 31.9 Å². The summed E-state index contributed by atoms with van der Waals surface area (Å²) in [6, 6.07) is 23.9. The molecule has 0 amide bonds. The molecule has 0 N–H and O–H groups in total. The Bertz CT molecular complexity index is 820. The third kappa shape index (κ3) is 3.65. The van der Waals surface area contributed by atoms with E-state index in [1.54, 1.807) is 0 Å². The van der Waals surface area contributed by atoms with Crippen LogP contribution in [0.15, 0.2) is 72.8 Å². The van der Waals surface area contributed by atoms with E-state index in [9.17, 15) is 4.57 Å². The van der Waals surface area contributed by atoms with Gasteiger partial charge in [0, 0.05) is 15.9 Å². The molecule has 0 aromatic heterocycles. The second kappa shape index (κ2) is 8.09. The molecule has 0 fully saturated rings. The van der Waals surface area contributed by atoms with Crippen LogP contribution in [-0.2, 0) is 9.36 Å². The van der Waals surface area contributed by atoms with Gasteiger partial charge in [0.1, 0.15) is 6.79 Å². The highest BCUT2D eigenvalue weighted by Crippen LogP contribution is 2.44. The second-order valence-electron chi connectivity index (χ2n) is 6.03. The van der Waals surface area contributed by atoms with Gasteiger partial charge in [-0.15, -0.1) is 0 Å². The monoisotopic (exact) mass is 350 g/mol. The van der Waals surface area contributed by atoms with Crippen LogP contribution in [0.4, 0.5) is 0 Å². The molecule has 25 heavy (non-hydrogen) atoms. The zero-order chi connectivity index (χ0) is 18.4. The molecule has 2 nitrogen and oxygen atoms in total. The maximum atomic E-state index is 14.4. The van der Waals surface area contributed by atoms with Gasteiger partial charge in [-0.25, -0.2) is 0 Å². The molecule has 0 aliphatic carbocycles. The second-order valence-corrected chi connectivity index (χ2v) is 8.73. The van der Waals surface area contributed by atoms with Crippen molar-refractivity contribution in [3.63, 3.8) is 0 Å². The van der Waals surface area contributed by atoms with Gasteiger partial charge in [0.25, 0.3) is 0 Å². The van der Waals surface area contributed by atoms with Gasteiger partial charge in [-0.3, -0.25) is 0 Å². The van der Waals surface area contributed by atoms with Crippen molar-refractivity contribution in [2.24, 2.45) is 0 Å². The SMILES string of the molecule is C=O.Cc1cc(C)c(P(=O)(c2ccccc2)c2ccccc2)c(C)c1. The first-order valence-corrected chi connectivity index (χ1v) is 9.82. The van der Waals surface area contributed by atoms with Crippen LogP contribution < -0.4 is 15.9 Å². The maximum Gasteiger partial charge on any atom is 0.171 e. The van der Waals surface area contributed by atoms with Crippen molar-refractivity contribution >= 4 is 29.8 Å². The topological polar surface area (TPSA) is 34.1 Å².